The molecule has 0 saturated heterocycles. The highest BCUT2D eigenvalue weighted by atomic mass is 19.4. The van der Waals surface area contributed by atoms with Gasteiger partial charge in [0.25, 0.3) is 12.0 Å². The van der Waals surface area contributed by atoms with E-state index in [-0.39, 0.29) is 12.1 Å². The number of alkyl halides is 3. The minimum Gasteiger partial charge on any atom is -0.430 e. The van der Waals surface area contributed by atoms with Crippen LogP contribution in [0.2, 0.25) is 0 Å². The van der Waals surface area contributed by atoms with E-state index < -0.39 is 30.2 Å². The van der Waals surface area contributed by atoms with Crippen molar-refractivity contribution in [3.05, 3.63) is 60.8 Å². The quantitative estimate of drug-likeness (QED) is 0.359. The third-order valence-electron chi connectivity index (χ3n) is 5.18. The van der Waals surface area contributed by atoms with Crippen molar-refractivity contribution < 1.29 is 27.5 Å². The second-order valence-electron chi connectivity index (χ2n) is 7.58. The van der Waals surface area contributed by atoms with E-state index in [1.807, 2.05) is 6.07 Å². The van der Waals surface area contributed by atoms with Gasteiger partial charge in [0.15, 0.2) is 0 Å². The van der Waals surface area contributed by atoms with Crippen LogP contribution in [0.4, 0.5) is 18.9 Å². The van der Waals surface area contributed by atoms with Crippen LogP contribution in [0.3, 0.4) is 0 Å². The number of aromatic amines is 1. The van der Waals surface area contributed by atoms with E-state index in [2.05, 4.69) is 36.2 Å². The predicted octanol–water partition coefficient (Wildman–Crippen LogP) is 3.26. The standard InChI is InChI=1S/C23H15F3N8O3/c24-23(25,26)22(36)37-18(9-28)21(35)33-15-3-1-2-13(8-15)17(4-6-27)34-11-14(10-32-34)19-16-5-7-29-20(16)31-12-30-19/h1-3,5,7-8,10-12,17-18H,4H2,(H,33,35)(H,29,30,31). The first kappa shape index (κ1) is 24.9. The number of nitriles is 2. The summed E-state index contributed by atoms with van der Waals surface area (Å²) in [5, 5.41) is 25.8. The maximum atomic E-state index is 12.4. The SMILES string of the molecule is N#CCC(c1cccc(NC(=O)C(C#N)OC(=O)C(F)(F)F)c1)n1cc(-c2ncnc3[nH]ccc23)cn1. The van der Waals surface area contributed by atoms with Crippen LogP contribution in [0.5, 0.6) is 0 Å². The normalized spacial score (nSPS) is 12.8. The number of hydrogen-bond acceptors (Lipinski definition) is 8. The average molecular weight is 508 g/mol. The molecular weight excluding hydrogens is 493 g/mol. The number of carbonyl (C=O) groups is 2. The number of benzene rings is 1. The topological polar surface area (TPSA) is 162 Å². The van der Waals surface area contributed by atoms with Gasteiger partial charge in [-0.2, -0.15) is 28.8 Å². The Morgan fingerprint density at radius 3 is 2.76 bits per heavy atom. The number of amides is 1. The number of halogens is 3. The number of hydrogen-bond donors (Lipinski definition) is 2. The molecule has 2 atom stereocenters. The number of aromatic nitrogens is 5. The number of nitrogens with zero attached hydrogens (tertiary/aromatic N) is 6. The van der Waals surface area contributed by atoms with Crippen LogP contribution < -0.4 is 5.32 Å². The first-order valence-corrected chi connectivity index (χ1v) is 10.5. The maximum absolute atomic E-state index is 12.4. The van der Waals surface area contributed by atoms with Gasteiger partial charge in [-0.05, 0) is 23.8 Å². The first-order chi connectivity index (χ1) is 17.7. The van der Waals surface area contributed by atoms with E-state index in [9.17, 15) is 28.0 Å². The molecule has 0 bridgehead atoms. The Morgan fingerprint density at radius 2 is 2.03 bits per heavy atom. The van der Waals surface area contributed by atoms with Crippen LogP contribution in [0.25, 0.3) is 22.3 Å². The van der Waals surface area contributed by atoms with Gasteiger partial charge in [-0.3, -0.25) is 9.48 Å². The summed E-state index contributed by atoms with van der Waals surface area (Å²) >= 11 is 0. The van der Waals surface area contributed by atoms with Crippen molar-refractivity contribution >= 4 is 28.6 Å². The summed E-state index contributed by atoms with van der Waals surface area (Å²) < 4.78 is 42.8. The Labute approximate surface area is 206 Å². The number of H-pyrrole nitrogens is 1. The molecule has 11 nitrogen and oxygen atoms in total. The summed E-state index contributed by atoms with van der Waals surface area (Å²) in [6.07, 6.45) is -1.27. The molecular formula is C23H15F3N8O3. The third-order valence-corrected chi connectivity index (χ3v) is 5.18. The van der Waals surface area contributed by atoms with Gasteiger partial charge in [-0.1, -0.05) is 12.1 Å². The first-order valence-electron chi connectivity index (χ1n) is 10.5. The molecule has 0 fully saturated rings. The molecule has 186 valence electrons. The molecule has 1 aromatic carbocycles. The number of ether oxygens (including phenoxy) is 1. The lowest BCUT2D eigenvalue weighted by Crippen LogP contribution is -2.36. The van der Waals surface area contributed by atoms with Gasteiger partial charge in [-0.25, -0.2) is 14.8 Å². The summed E-state index contributed by atoms with van der Waals surface area (Å²) in [6.45, 7) is 0. The minimum atomic E-state index is -5.36. The van der Waals surface area contributed by atoms with Crippen molar-refractivity contribution in [1.82, 2.24) is 24.7 Å². The molecule has 37 heavy (non-hydrogen) atoms. The van der Waals surface area contributed by atoms with Gasteiger partial charge in [0.05, 0.1) is 30.4 Å². The maximum Gasteiger partial charge on any atom is 0.490 e. The average Bonchev–Trinajstić information content (AvgIpc) is 3.55. The van der Waals surface area contributed by atoms with Gasteiger partial charge in [0.2, 0.25) is 0 Å². The molecule has 1 amide bonds. The zero-order valence-corrected chi connectivity index (χ0v) is 18.6. The fourth-order valence-electron chi connectivity index (χ4n) is 3.53. The fourth-order valence-corrected chi connectivity index (χ4v) is 3.53. The lowest BCUT2D eigenvalue weighted by Gasteiger charge is -2.17. The number of esters is 1. The van der Waals surface area contributed by atoms with Crippen molar-refractivity contribution in [2.45, 2.75) is 24.7 Å². The smallest absolute Gasteiger partial charge is 0.430 e. The van der Waals surface area contributed by atoms with Crippen LogP contribution in [-0.2, 0) is 14.3 Å². The van der Waals surface area contributed by atoms with E-state index in [0.717, 1.165) is 5.39 Å². The molecule has 4 rings (SSSR count). The molecule has 0 spiro atoms. The molecule has 0 aliphatic heterocycles. The van der Waals surface area contributed by atoms with Gasteiger partial charge < -0.3 is 15.0 Å². The van der Waals surface area contributed by atoms with Gasteiger partial charge in [0, 0.05) is 29.0 Å². The van der Waals surface area contributed by atoms with Gasteiger partial charge >= 0.3 is 12.1 Å². The van der Waals surface area contributed by atoms with Crippen molar-refractivity contribution in [2.75, 3.05) is 5.32 Å². The van der Waals surface area contributed by atoms with Crippen molar-refractivity contribution in [3.8, 4) is 23.4 Å². The van der Waals surface area contributed by atoms with Gasteiger partial charge in [-0.15, -0.1) is 0 Å². The number of carbonyl (C=O) groups excluding carboxylic acids is 2. The van der Waals surface area contributed by atoms with E-state index in [1.54, 1.807) is 29.3 Å². The molecule has 0 radical (unpaired) electrons. The monoisotopic (exact) mass is 508 g/mol. The van der Waals surface area contributed by atoms with Crippen LogP contribution in [0, 0.1) is 22.7 Å². The molecule has 0 aliphatic carbocycles. The molecule has 0 saturated carbocycles. The molecule has 4 aromatic rings. The summed E-state index contributed by atoms with van der Waals surface area (Å²) in [5.41, 5.74) is 2.58. The number of fused-ring (bicyclic) bond motifs is 1. The highest BCUT2D eigenvalue weighted by molar-refractivity contribution is 5.97. The zero-order valence-electron chi connectivity index (χ0n) is 18.6. The summed E-state index contributed by atoms with van der Waals surface area (Å²) in [5.74, 6) is -3.93. The van der Waals surface area contributed by atoms with Crippen LogP contribution in [0.15, 0.2) is 55.2 Å². The molecule has 0 aliphatic rings. The van der Waals surface area contributed by atoms with Crippen LogP contribution in [0.1, 0.15) is 18.0 Å². The third kappa shape index (κ3) is 5.38. The second-order valence-corrected chi connectivity index (χ2v) is 7.58. The van der Waals surface area contributed by atoms with E-state index in [1.165, 1.54) is 30.6 Å². The van der Waals surface area contributed by atoms with Crippen LogP contribution in [-0.4, -0.2) is 48.9 Å². The number of rotatable bonds is 7. The zero-order chi connectivity index (χ0) is 26.6. The van der Waals surface area contributed by atoms with E-state index in [4.69, 9.17) is 5.26 Å². The molecule has 2 N–H and O–H groups in total. The molecule has 3 aromatic heterocycles. The Hall–Kier alpha value is -5.24. The highest BCUT2D eigenvalue weighted by Crippen LogP contribution is 2.29. The fraction of sp³-hybridized carbons (Fsp3) is 0.174. The van der Waals surface area contributed by atoms with Crippen LogP contribution >= 0.6 is 0 Å². The Bertz CT molecular complexity index is 1550. The largest absolute Gasteiger partial charge is 0.490 e. The Morgan fingerprint density at radius 1 is 1.22 bits per heavy atom. The molecule has 14 heteroatoms. The second kappa shape index (κ2) is 10.2. The summed E-state index contributed by atoms with van der Waals surface area (Å²) in [7, 11) is 0. The van der Waals surface area contributed by atoms with Crippen molar-refractivity contribution in [3.63, 3.8) is 0 Å². The summed E-state index contributed by atoms with van der Waals surface area (Å²) in [6, 6.07) is 10.6. The Kier molecular flexibility index (Phi) is 6.84. The highest BCUT2D eigenvalue weighted by Gasteiger charge is 2.43. The predicted molar refractivity (Wildman–Crippen MR) is 120 cm³/mol. The lowest BCUT2D eigenvalue weighted by molar-refractivity contribution is -0.202. The van der Waals surface area contributed by atoms with Crippen molar-refractivity contribution in [1.29, 1.82) is 10.5 Å². The Balaban J connectivity index is 1.57. The van der Waals surface area contributed by atoms with Gasteiger partial charge in [0.1, 0.15) is 18.0 Å². The molecule has 3 heterocycles. The van der Waals surface area contributed by atoms with E-state index >= 15 is 0 Å². The van der Waals surface area contributed by atoms with Crippen molar-refractivity contribution in [2.24, 2.45) is 0 Å². The van der Waals surface area contributed by atoms with E-state index in [0.29, 0.717) is 22.5 Å². The lowest BCUT2D eigenvalue weighted by atomic mass is 10.0. The number of anilines is 1. The summed E-state index contributed by atoms with van der Waals surface area (Å²) in [4.78, 5) is 34.7. The molecule has 2 unspecified atom stereocenters. The minimum absolute atomic E-state index is 0.00806. The number of nitrogens with one attached hydrogen (secondary N) is 2.